The minimum Gasteiger partial charge on any atom is -0.493 e. The summed E-state index contributed by atoms with van der Waals surface area (Å²) in [7, 11) is 0. The van der Waals surface area contributed by atoms with E-state index in [1.807, 2.05) is 6.07 Å². The zero-order valence-electron chi connectivity index (χ0n) is 10.0. The van der Waals surface area contributed by atoms with Crippen molar-refractivity contribution in [1.82, 2.24) is 0 Å². The van der Waals surface area contributed by atoms with Crippen molar-refractivity contribution in [3.63, 3.8) is 0 Å². The molecule has 1 aliphatic heterocycles. The lowest BCUT2D eigenvalue weighted by molar-refractivity contribution is -0.139. The van der Waals surface area contributed by atoms with E-state index in [1.165, 1.54) is 0 Å². The molecule has 4 heteroatoms. The highest BCUT2D eigenvalue weighted by Gasteiger charge is 2.28. The van der Waals surface area contributed by atoms with Gasteiger partial charge in [0.15, 0.2) is 6.61 Å². The maximum atomic E-state index is 10.4. The first-order valence-electron chi connectivity index (χ1n) is 5.61. The first-order valence-corrected chi connectivity index (χ1v) is 5.61. The predicted molar refractivity (Wildman–Crippen MR) is 62.7 cm³/mol. The molecular formula is C13H16O4. The topological polar surface area (TPSA) is 55.8 Å². The summed E-state index contributed by atoms with van der Waals surface area (Å²) in [6.07, 6.45) is 0.981. The Kier molecular flexibility index (Phi) is 2.96. The Morgan fingerprint density at radius 3 is 3.00 bits per heavy atom. The van der Waals surface area contributed by atoms with Crippen LogP contribution < -0.4 is 9.47 Å². The molecule has 92 valence electrons. The molecule has 1 heterocycles. The van der Waals surface area contributed by atoms with Crippen LogP contribution in [-0.2, 0) is 10.2 Å². The van der Waals surface area contributed by atoms with Crippen LogP contribution in [-0.4, -0.2) is 24.3 Å². The number of carbonyl (C=O) groups is 1. The largest absolute Gasteiger partial charge is 0.493 e. The molecule has 1 aromatic rings. The van der Waals surface area contributed by atoms with E-state index in [9.17, 15) is 4.79 Å². The van der Waals surface area contributed by atoms with Gasteiger partial charge in [0.1, 0.15) is 11.5 Å². The van der Waals surface area contributed by atoms with Gasteiger partial charge in [0.05, 0.1) is 6.61 Å². The second-order valence-electron chi connectivity index (χ2n) is 4.82. The van der Waals surface area contributed by atoms with Gasteiger partial charge in [-0.3, -0.25) is 0 Å². The van der Waals surface area contributed by atoms with Crippen LogP contribution in [0.1, 0.15) is 25.8 Å². The molecular weight excluding hydrogens is 220 g/mol. The minimum atomic E-state index is -0.982. The maximum Gasteiger partial charge on any atom is 0.341 e. The van der Waals surface area contributed by atoms with E-state index in [2.05, 4.69) is 13.8 Å². The maximum absolute atomic E-state index is 10.4. The molecule has 0 radical (unpaired) electrons. The summed E-state index contributed by atoms with van der Waals surface area (Å²) in [4.78, 5) is 10.4. The van der Waals surface area contributed by atoms with Gasteiger partial charge < -0.3 is 14.6 Å². The van der Waals surface area contributed by atoms with Crippen LogP contribution in [0.5, 0.6) is 11.5 Å². The van der Waals surface area contributed by atoms with E-state index in [4.69, 9.17) is 14.6 Å². The van der Waals surface area contributed by atoms with E-state index < -0.39 is 5.97 Å². The van der Waals surface area contributed by atoms with Gasteiger partial charge in [0, 0.05) is 11.6 Å². The average Bonchev–Trinajstić information content (AvgIpc) is 2.25. The zero-order chi connectivity index (χ0) is 12.5. The summed E-state index contributed by atoms with van der Waals surface area (Å²) >= 11 is 0. The second kappa shape index (κ2) is 4.28. The van der Waals surface area contributed by atoms with Crippen molar-refractivity contribution in [1.29, 1.82) is 0 Å². The van der Waals surface area contributed by atoms with Crippen LogP contribution in [0.25, 0.3) is 0 Å². The summed E-state index contributed by atoms with van der Waals surface area (Å²) in [6.45, 7) is 4.70. The number of hydrogen-bond donors (Lipinski definition) is 1. The predicted octanol–water partition coefficient (Wildman–Crippen LogP) is 2.21. The second-order valence-corrected chi connectivity index (χ2v) is 4.82. The number of rotatable bonds is 3. The number of fused-ring (bicyclic) bond motifs is 1. The lowest BCUT2D eigenvalue weighted by Crippen LogP contribution is -2.26. The van der Waals surface area contributed by atoms with Gasteiger partial charge in [-0.2, -0.15) is 0 Å². The molecule has 0 bridgehead atoms. The van der Waals surface area contributed by atoms with Gasteiger partial charge in [-0.05, 0) is 17.9 Å². The smallest absolute Gasteiger partial charge is 0.341 e. The highest BCUT2D eigenvalue weighted by atomic mass is 16.5. The van der Waals surface area contributed by atoms with Crippen LogP contribution in [0.4, 0.5) is 0 Å². The first-order chi connectivity index (χ1) is 7.99. The van der Waals surface area contributed by atoms with Crippen molar-refractivity contribution in [2.45, 2.75) is 25.7 Å². The summed E-state index contributed by atoms with van der Waals surface area (Å²) in [6, 6.07) is 5.50. The summed E-state index contributed by atoms with van der Waals surface area (Å²) in [5, 5.41) is 8.54. The van der Waals surface area contributed by atoms with Crippen LogP contribution in [0.3, 0.4) is 0 Å². The Labute approximate surface area is 100 Å². The van der Waals surface area contributed by atoms with Crippen molar-refractivity contribution in [2.75, 3.05) is 13.2 Å². The Hall–Kier alpha value is -1.71. The fraction of sp³-hybridized carbons (Fsp3) is 0.462. The third-order valence-electron chi connectivity index (χ3n) is 3.03. The van der Waals surface area contributed by atoms with Crippen molar-refractivity contribution >= 4 is 5.97 Å². The quantitative estimate of drug-likeness (QED) is 0.874. The van der Waals surface area contributed by atoms with Gasteiger partial charge in [0.2, 0.25) is 0 Å². The van der Waals surface area contributed by atoms with Crippen molar-refractivity contribution in [2.24, 2.45) is 0 Å². The van der Waals surface area contributed by atoms with E-state index in [0.29, 0.717) is 12.4 Å². The molecule has 0 saturated heterocycles. The standard InChI is InChI=1S/C13H16O4/c1-13(2)5-6-16-11-7-9(3-4-10(11)13)17-8-12(14)15/h3-4,7H,5-6,8H2,1-2H3,(H,14,15). The SMILES string of the molecule is CC1(C)CCOc2cc(OCC(=O)O)ccc21. The fourth-order valence-electron chi connectivity index (χ4n) is 1.97. The Morgan fingerprint density at radius 1 is 1.53 bits per heavy atom. The zero-order valence-corrected chi connectivity index (χ0v) is 10.0. The summed E-state index contributed by atoms with van der Waals surface area (Å²) < 4.78 is 10.7. The molecule has 0 saturated carbocycles. The van der Waals surface area contributed by atoms with Gasteiger partial charge in [-0.15, -0.1) is 0 Å². The minimum absolute atomic E-state index is 0.0961. The number of aliphatic carboxylic acids is 1. The third kappa shape index (κ3) is 2.52. The monoisotopic (exact) mass is 236 g/mol. The molecule has 2 rings (SSSR count). The molecule has 0 spiro atoms. The molecule has 1 N–H and O–H groups in total. The third-order valence-corrected chi connectivity index (χ3v) is 3.03. The summed E-state index contributed by atoms with van der Waals surface area (Å²) in [5.41, 5.74) is 1.24. The first kappa shape index (κ1) is 11.8. The Balaban J connectivity index is 2.22. The van der Waals surface area contributed by atoms with Gasteiger partial charge >= 0.3 is 5.97 Å². The highest BCUT2D eigenvalue weighted by molar-refractivity contribution is 5.68. The fourth-order valence-corrected chi connectivity index (χ4v) is 1.97. The molecule has 0 aromatic heterocycles. The Morgan fingerprint density at radius 2 is 2.29 bits per heavy atom. The van der Waals surface area contributed by atoms with Crippen molar-refractivity contribution < 1.29 is 19.4 Å². The average molecular weight is 236 g/mol. The van der Waals surface area contributed by atoms with Crippen LogP contribution in [0, 0.1) is 0 Å². The molecule has 17 heavy (non-hydrogen) atoms. The van der Waals surface area contributed by atoms with E-state index in [1.54, 1.807) is 12.1 Å². The molecule has 4 nitrogen and oxygen atoms in total. The van der Waals surface area contributed by atoms with Gasteiger partial charge in [-0.1, -0.05) is 19.9 Å². The molecule has 0 unspecified atom stereocenters. The molecule has 0 aliphatic carbocycles. The van der Waals surface area contributed by atoms with Gasteiger partial charge in [0.25, 0.3) is 0 Å². The van der Waals surface area contributed by atoms with E-state index in [-0.39, 0.29) is 12.0 Å². The van der Waals surface area contributed by atoms with Gasteiger partial charge in [-0.25, -0.2) is 4.79 Å². The van der Waals surface area contributed by atoms with E-state index in [0.717, 1.165) is 17.7 Å². The highest BCUT2D eigenvalue weighted by Crippen LogP contribution is 2.39. The lowest BCUT2D eigenvalue weighted by Gasteiger charge is -2.32. The van der Waals surface area contributed by atoms with Crippen molar-refractivity contribution in [3.05, 3.63) is 23.8 Å². The lowest BCUT2D eigenvalue weighted by atomic mass is 9.80. The van der Waals surface area contributed by atoms with Crippen LogP contribution >= 0.6 is 0 Å². The number of hydrogen-bond acceptors (Lipinski definition) is 3. The summed E-state index contributed by atoms with van der Waals surface area (Å²) in [5.74, 6) is 0.344. The normalized spacial score (nSPS) is 16.8. The number of carboxylic acid groups (broad SMARTS) is 1. The molecule has 0 atom stereocenters. The molecule has 0 fully saturated rings. The van der Waals surface area contributed by atoms with E-state index >= 15 is 0 Å². The molecule has 0 amide bonds. The molecule has 1 aliphatic rings. The van der Waals surface area contributed by atoms with Crippen molar-refractivity contribution in [3.8, 4) is 11.5 Å². The van der Waals surface area contributed by atoms with Crippen LogP contribution in [0.2, 0.25) is 0 Å². The number of benzene rings is 1. The Bertz CT molecular complexity index is 437. The van der Waals surface area contributed by atoms with Crippen LogP contribution in [0.15, 0.2) is 18.2 Å². The molecule has 1 aromatic carbocycles. The number of carboxylic acids is 1. The number of ether oxygens (including phenoxy) is 2.